The lowest BCUT2D eigenvalue weighted by molar-refractivity contribution is 0.0979. The lowest BCUT2D eigenvalue weighted by Crippen LogP contribution is -2.34. The molecule has 0 saturated heterocycles. The average molecular weight is 476 g/mol. The Kier molecular flexibility index (Phi) is 6.37. The standard InChI is InChI=1S/C25H16ClN3O2S.H2O/c26-19-13-12-16(24-27-20-10-3-4-11-22(20)31-24)14-21(19)28-25(32)29-23(30)18-9-5-7-15-6-1-2-8-17(15)18;/h1-14H,(H2,28,29,30,32);1H2. The Morgan fingerprint density at radius 2 is 1.70 bits per heavy atom. The van der Waals surface area contributed by atoms with Gasteiger partial charge in [-0.3, -0.25) is 10.1 Å². The minimum atomic E-state index is -0.300. The number of aromatic nitrogens is 1. The highest BCUT2D eigenvalue weighted by Gasteiger charge is 2.14. The summed E-state index contributed by atoms with van der Waals surface area (Å²) in [5.41, 5.74) is 3.28. The van der Waals surface area contributed by atoms with Crippen molar-refractivity contribution < 1.29 is 14.7 Å². The number of thiocarbonyl (C=S) groups is 1. The molecule has 0 bridgehead atoms. The number of nitrogens with zero attached hydrogens (tertiary/aromatic N) is 1. The summed E-state index contributed by atoms with van der Waals surface area (Å²) in [6.45, 7) is 0. The van der Waals surface area contributed by atoms with Crippen LogP contribution in [0.15, 0.2) is 89.3 Å². The zero-order valence-corrected chi connectivity index (χ0v) is 18.7. The van der Waals surface area contributed by atoms with E-state index in [-0.39, 0.29) is 16.5 Å². The number of carbonyl (C=O) groups is 1. The van der Waals surface area contributed by atoms with Crippen molar-refractivity contribution in [3.8, 4) is 11.5 Å². The number of para-hydroxylation sites is 2. The van der Waals surface area contributed by atoms with Gasteiger partial charge in [-0.2, -0.15) is 0 Å². The summed E-state index contributed by atoms with van der Waals surface area (Å²) in [4.78, 5) is 17.3. The van der Waals surface area contributed by atoms with E-state index < -0.39 is 0 Å². The third-order valence-corrected chi connectivity index (χ3v) is 5.55. The summed E-state index contributed by atoms with van der Waals surface area (Å²) in [7, 11) is 0. The van der Waals surface area contributed by atoms with E-state index in [2.05, 4.69) is 15.6 Å². The molecule has 0 fully saturated rings. The second kappa shape index (κ2) is 9.38. The molecule has 1 heterocycles. The fourth-order valence-electron chi connectivity index (χ4n) is 3.50. The zero-order valence-electron chi connectivity index (χ0n) is 17.1. The fraction of sp³-hybridized carbons (Fsp3) is 0. The summed E-state index contributed by atoms with van der Waals surface area (Å²) in [6, 6.07) is 26.1. The SMILES string of the molecule is O.O=C(NC(=S)Nc1cc(-c2nc3ccccc3o2)ccc1Cl)c1cccc2ccccc12. The summed E-state index contributed by atoms with van der Waals surface area (Å²) >= 11 is 11.7. The van der Waals surface area contributed by atoms with Gasteiger partial charge in [-0.15, -0.1) is 0 Å². The van der Waals surface area contributed by atoms with Gasteiger partial charge in [0.15, 0.2) is 10.7 Å². The van der Waals surface area contributed by atoms with Gasteiger partial charge in [-0.05, 0) is 59.4 Å². The highest BCUT2D eigenvalue weighted by molar-refractivity contribution is 7.80. The normalized spacial score (nSPS) is 10.6. The molecule has 8 heteroatoms. The Morgan fingerprint density at radius 1 is 0.939 bits per heavy atom. The number of nitrogens with one attached hydrogen (secondary N) is 2. The van der Waals surface area contributed by atoms with Gasteiger partial charge in [0.2, 0.25) is 5.89 Å². The van der Waals surface area contributed by atoms with Crippen molar-refractivity contribution in [2.75, 3.05) is 5.32 Å². The summed E-state index contributed by atoms with van der Waals surface area (Å²) in [6.07, 6.45) is 0. The molecule has 5 aromatic rings. The lowest BCUT2D eigenvalue weighted by atomic mass is 10.0. The predicted molar refractivity (Wildman–Crippen MR) is 136 cm³/mol. The van der Waals surface area contributed by atoms with Gasteiger partial charge >= 0.3 is 0 Å². The minimum Gasteiger partial charge on any atom is -0.436 e. The average Bonchev–Trinajstić information content (AvgIpc) is 3.24. The highest BCUT2D eigenvalue weighted by atomic mass is 35.5. The summed E-state index contributed by atoms with van der Waals surface area (Å²) < 4.78 is 5.83. The molecule has 4 aromatic carbocycles. The van der Waals surface area contributed by atoms with E-state index in [1.165, 1.54) is 0 Å². The molecule has 0 radical (unpaired) electrons. The van der Waals surface area contributed by atoms with Gasteiger partial charge in [0, 0.05) is 11.1 Å². The molecule has 6 nitrogen and oxygen atoms in total. The first-order valence-electron chi connectivity index (χ1n) is 9.84. The number of hydrogen-bond acceptors (Lipinski definition) is 4. The molecule has 0 unspecified atom stereocenters. The van der Waals surface area contributed by atoms with Crippen LogP contribution in [-0.4, -0.2) is 21.5 Å². The van der Waals surface area contributed by atoms with Crippen LogP contribution in [0.3, 0.4) is 0 Å². The Labute approximate surface area is 199 Å². The molecule has 1 aromatic heterocycles. The molecule has 0 aliphatic rings. The minimum absolute atomic E-state index is 0. The maximum absolute atomic E-state index is 12.8. The number of benzene rings is 4. The van der Waals surface area contributed by atoms with Gasteiger partial charge in [0.1, 0.15) is 5.52 Å². The van der Waals surface area contributed by atoms with E-state index in [0.29, 0.717) is 27.7 Å². The first-order valence-corrected chi connectivity index (χ1v) is 10.6. The monoisotopic (exact) mass is 475 g/mol. The molecule has 5 rings (SSSR count). The van der Waals surface area contributed by atoms with E-state index in [1.54, 1.807) is 18.2 Å². The van der Waals surface area contributed by atoms with Crippen molar-refractivity contribution in [2.45, 2.75) is 0 Å². The fourth-order valence-corrected chi connectivity index (χ4v) is 3.86. The van der Waals surface area contributed by atoms with E-state index >= 15 is 0 Å². The van der Waals surface area contributed by atoms with Crippen molar-refractivity contribution in [1.29, 1.82) is 0 Å². The van der Waals surface area contributed by atoms with Crippen LogP contribution in [0.1, 0.15) is 10.4 Å². The molecule has 0 atom stereocenters. The second-order valence-corrected chi connectivity index (χ2v) is 7.93. The summed E-state index contributed by atoms with van der Waals surface area (Å²) in [5, 5.41) is 8.15. The van der Waals surface area contributed by atoms with Crippen molar-refractivity contribution in [2.24, 2.45) is 0 Å². The molecule has 0 saturated carbocycles. The Bertz CT molecular complexity index is 1460. The van der Waals surface area contributed by atoms with Crippen LogP contribution in [0, 0.1) is 0 Å². The maximum Gasteiger partial charge on any atom is 0.258 e. The molecule has 0 spiro atoms. The van der Waals surface area contributed by atoms with E-state index in [1.807, 2.05) is 66.7 Å². The Hall–Kier alpha value is -3.78. The first-order chi connectivity index (χ1) is 15.6. The van der Waals surface area contributed by atoms with Crippen LogP contribution < -0.4 is 10.6 Å². The van der Waals surface area contributed by atoms with Crippen LogP contribution in [0.25, 0.3) is 33.3 Å². The van der Waals surface area contributed by atoms with Gasteiger partial charge < -0.3 is 15.2 Å². The molecule has 1 amide bonds. The van der Waals surface area contributed by atoms with Gasteiger partial charge in [0.05, 0.1) is 10.7 Å². The number of fused-ring (bicyclic) bond motifs is 2. The largest absolute Gasteiger partial charge is 0.436 e. The van der Waals surface area contributed by atoms with Gasteiger partial charge in [-0.1, -0.05) is 60.1 Å². The smallest absolute Gasteiger partial charge is 0.258 e. The predicted octanol–water partition coefficient (Wildman–Crippen LogP) is 5.60. The zero-order chi connectivity index (χ0) is 22.1. The number of anilines is 1. The molecule has 0 aliphatic heterocycles. The molecule has 0 aliphatic carbocycles. The van der Waals surface area contributed by atoms with Crippen LogP contribution in [0.2, 0.25) is 5.02 Å². The third kappa shape index (κ3) is 4.56. The molecule has 33 heavy (non-hydrogen) atoms. The van der Waals surface area contributed by atoms with Crippen LogP contribution >= 0.6 is 23.8 Å². The van der Waals surface area contributed by atoms with Gasteiger partial charge in [-0.25, -0.2) is 4.98 Å². The Balaban J connectivity index is 0.00000259. The highest BCUT2D eigenvalue weighted by Crippen LogP contribution is 2.30. The van der Waals surface area contributed by atoms with Crippen molar-refractivity contribution in [1.82, 2.24) is 10.3 Å². The van der Waals surface area contributed by atoms with Crippen LogP contribution in [0.4, 0.5) is 5.69 Å². The van der Waals surface area contributed by atoms with Crippen molar-refractivity contribution >= 4 is 62.4 Å². The maximum atomic E-state index is 12.8. The second-order valence-electron chi connectivity index (χ2n) is 7.12. The van der Waals surface area contributed by atoms with Crippen molar-refractivity contribution in [3.05, 3.63) is 95.5 Å². The van der Waals surface area contributed by atoms with E-state index in [9.17, 15) is 4.79 Å². The topological polar surface area (TPSA) is 98.7 Å². The van der Waals surface area contributed by atoms with Crippen molar-refractivity contribution in [3.63, 3.8) is 0 Å². The molecular weight excluding hydrogens is 458 g/mol. The van der Waals surface area contributed by atoms with E-state index in [4.69, 9.17) is 28.2 Å². The summed E-state index contributed by atoms with van der Waals surface area (Å²) in [5.74, 6) is 0.169. The third-order valence-electron chi connectivity index (χ3n) is 5.02. The van der Waals surface area contributed by atoms with Crippen LogP contribution in [0.5, 0.6) is 0 Å². The first kappa shape index (κ1) is 22.4. The number of rotatable bonds is 3. The molecule has 4 N–H and O–H groups in total. The Morgan fingerprint density at radius 3 is 2.55 bits per heavy atom. The number of oxazole rings is 1. The number of halogens is 1. The quantitative estimate of drug-likeness (QED) is 0.331. The van der Waals surface area contributed by atoms with Gasteiger partial charge in [0.25, 0.3) is 5.91 Å². The number of hydrogen-bond donors (Lipinski definition) is 2. The van der Waals surface area contributed by atoms with Crippen LogP contribution in [-0.2, 0) is 0 Å². The van der Waals surface area contributed by atoms with E-state index in [0.717, 1.165) is 21.9 Å². The molecule has 164 valence electrons. The number of amides is 1. The molecular formula is C25H18ClN3O3S. The number of carbonyl (C=O) groups excluding carboxylic acids is 1. The lowest BCUT2D eigenvalue weighted by Gasteiger charge is -2.12.